The summed E-state index contributed by atoms with van der Waals surface area (Å²) in [6.07, 6.45) is 8.20. The van der Waals surface area contributed by atoms with Crippen LogP contribution in [0.1, 0.15) is 52.4 Å². The van der Waals surface area contributed by atoms with Crippen LogP contribution < -0.4 is 0 Å². The first-order valence-electron chi connectivity index (χ1n) is 7.50. The summed E-state index contributed by atoms with van der Waals surface area (Å²) in [5.74, 6) is 0.817. The second-order valence-electron chi connectivity index (χ2n) is 5.50. The van der Waals surface area contributed by atoms with Gasteiger partial charge in [-0.3, -0.25) is 4.90 Å². The molecule has 0 aliphatic carbocycles. The molecule has 2 aliphatic heterocycles. The van der Waals surface area contributed by atoms with Crippen LogP contribution >= 0.6 is 0 Å². The molecule has 2 aliphatic rings. The van der Waals surface area contributed by atoms with E-state index in [2.05, 4.69) is 24.8 Å². The van der Waals surface area contributed by atoms with Gasteiger partial charge < -0.3 is 9.84 Å². The average Bonchev–Trinajstić information content (AvgIpc) is 2.96. The van der Waals surface area contributed by atoms with Crippen molar-refractivity contribution in [3.8, 4) is 0 Å². The molecule has 0 aromatic heterocycles. The number of rotatable bonds is 5. The van der Waals surface area contributed by atoms with Gasteiger partial charge in [0.25, 0.3) is 0 Å². The molecule has 0 amide bonds. The van der Waals surface area contributed by atoms with E-state index in [1.807, 2.05) is 0 Å². The predicted octanol–water partition coefficient (Wildman–Crippen LogP) is 2.70. The fourth-order valence-electron chi connectivity index (χ4n) is 3.45. The van der Waals surface area contributed by atoms with Gasteiger partial charge in [0.2, 0.25) is 0 Å². The predicted molar refractivity (Wildman–Crippen MR) is 73.4 cm³/mol. The Labute approximate surface area is 111 Å². The van der Waals surface area contributed by atoms with Crippen molar-refractivity contribution in [2.24, 2.45) is 0 Å². The quantitative estimate of drug-likeness (QED) is 0.817. The topological polar surface area (TPSA) is 32.7 Å². The lowest BCUT2D eigenvalue weighted by atomic mass is 9.83. The second kappa shape index (κ2) is 6.07. The van der Waals surface area contributed by atoms with E-state index >= 15 is 0 Å². The molecule has 2 heterocycles. The van der Waals surface area contributed by atoms with E-state index in [-0.39, 0.29) is 5.54 Å². The van der Waals surface area contributed by atoms with Gasteiger partial charge in [-0.25, -0.2) is 0 Å². The van der Waals surface area contributed by atoms with E-state index in [0.717, 1.165) is 51.1 Å². The van der Waals surface area contributed by atoms with Crippen molar-refractivity contribution in [3.05, 3.63) is 11.8 Å². The molecule has 1 saturated heterocycles. The van der Waals surface area contributed by atoms with Crippen LogP contribution in [-0.2, 0) is 4.74 Å². The molecule has 3 heteroatoms. The third-order valence-electron chi connectivity index (χ3n) is 4.70. The maximum atomic E-state index is 10.8. The van der Waals surface area contributed by atoms with E-state index in [1.165, 1.54) is 12.8 Å². The molecule has 2 rings (SSSR count). The van der Waals surface area contributed by atoms with Gasteiger partial charge in [-0.05, 0) is 57.7 Å². The van der Waals surface area contributed by atoms with Crippen molar-refractivity contribution in [2.45, 2.75) is 64.0 Å². The van der Waals surface area contributed by atoms with Crippen molar-refractivity contribution in [2.75, 3.05) is 19.7 Å². The number of aliphatic hydroxyl groups is 1. The zero-order valence-electron chi connectivity index (χ0n) is 11.8. The van der Waals surface area contributed by atoms with Gasteiger partial charge in [0.15, 0.2) is 0 Å². The molecule has 18 heavy (non-hydrogen) atoms. The third-order valence-corrected chi connectivity index (χ3v) is 4.70. The maximum absolute atomic E-state index is 10.8. The molecule has 1 atom stereocenters. The third kappa shape index (κ3) is 2.43. The lowest BCUT2D eigenvalue weighted by molar-refractivity contribution is -0.0396. The summed E-state index contributed by atoms with van der Waals surface area (Å²) in [5.41, 5.74) is -0.125. The molecule has 1 unspecified atom stereocenters. The van der Waals surface area contributed by atoms with Crippen LogP contribution in [0, 0.1) is 0 Å². The van der Waals surface area contributed by atoms with Gasteiger partial charge in [0.05, 0.1) is 12.1 Å². The Morgan fingerprint density at radius 1 is 1.28 bits per heavy atom. The number of aliphatic hydroxyl groups excluding tert-OH is 1. The Hall–Kier alpha value is -0.540. The molecule has 3 nitrogen and oxygen atoms in total. The van der Waals surface area contributed by atoms with Gasteiger partial charge >= 0.3 is 0 Å². The minimum Gasteiger partial charge on any atom is -0.495 e. The summed E-state index contributed by atoms with van der Waals surface area (Å²) in [5, 5.41) is 10.8. The van der Waals surface area contributed by atoms with E-state index in [9.17, 15) is 5.11 Å². The SMILES string of the molecule is CCC(CC)(C(O)C1=CCCCO1)N1CCCC1. The van der Waals surface area contributed by atoms with Crippen molar-refractivity contribution in [1.29, 1.82) is 0 Å². The van der Waals surface area contributed by atoms with Crippen LogP contribution in [0.15, 0.2) is 11.8 Å². The van der Waals surface area contributed by atoms with E-state index in [0.29, 0.717) is 0 Å². The zero-order valence-corrected chi connectivity index (χ0v) is 11.8. The van der Waals surface area contributed by atoms with Crippen LogP contribution in [0.4, 0.5) is 0 Å². The van der Waals surface area contributed by atoms with Gasteiger partial charge in [-0.15, -0.1) is 0 Å². The van der Waals surface area contributed by atoms with Gasteiger partial charge in [-0.1, -0.05) is 13.8 Å². The smallest absolute Gasteiger partial charge is 0.129 e. The Morgan fingerprint density at radius 2 is 1.94 bits per heavy atom. The molecule has 104 valence electrons. The fraction of sp³-hybridized carbons (Fsp3) is 0.867. The standard InChI is InChI=1S/C15H27NO2/c1-3-15(4-2,16-10-6-7-11-16)14(17)13-9-5-8-12-18-13/h9,14,17H,3-8,10-12H2,1-2H3. The molecule has 0 aromatic rings. The minimum atomic E-state index is -0.467. The highest BCUT2D eigenvalue weighted by Crippen LogP contribution is 2.35. The normalized spacial score (nSPS) is 23.6. The molecule has 0 radical (unpaired) electrons. The molecule has 1 fully saturated rings. The summed E-state index contributed by atoms with van der Waals surface area (Å²) in [6, 6.07) is 0. The van der Waals surface area contributed by atoms with Crippen LogP contribution in [0.25, 0.3) is 0 Å². The first kappa shape index (κ1) is 13.9. The number of hydrogen-bond donors (Lipinski definition) is 1. The highest BCUT2D eigenvalue weighted by atomic mass is 16.5. The molecular weight excluding hydrogens is 226 g/mol. The van der Waals surface area contributed by atoms with Gasteiger partial charge in [0, 0.05) is 0 Å². The highest BCUT2D eigenvalue weighted by Gasteiger charge is 2.43. The van der Waals surface area contributed by atoms with Crippen molar-refractivity contribution in [1.82, 2.24) is 4.90 Å². The Kier molecular flexibility index (Phi) is 4.68. The Bertz CT molecular complexity index is 291. The number of likely N-dealkylation sites (tertiary alicyclic amines) is 1. The number of nitrogens with zero attached hydrogens (tertiary/aromatic N) is 1. The van der Waals surface area contributed by atoms with Gasteiger partial charge in [-0.2, -0.15) is 0 Å². The molecule has 0 aromatic carbocycles. The molecule has 0 spiro atoms. The average molecular weight is 253 g/mol. The molecular formula is C15H27NO2. The lowest BCUT2D eigenvalue weighted by Gasteiger charge is -2.45. The summed E-state index contributed by atoms with van der Waals surface area (Å²) in [4.78, 5) is 2.48. The van der Waals surface area contributed by atoms with E-state index in [4.69, 9.17) is 4.74 Å². The first-order valence-corrected chi connectivity index (χ1v) is 7.50. The highest BCUT2D eigenvalue weighted by molar-refractivity contribution is 5.13. The monoisotopic (exact) mass is 253 g/mol. The second-order valence-corrected chi connectivity index (χ2v) is 5.50. The Balaban J connectivity index is 2.19. The first-order chi connectivity index (χ1) is 8.74. The van der Waals surface area contributed by atoms with E-state index < -0.39 is 6.10 Å². The molecule has 0 saturated carbocycles. The largest absolute Gasteiger partial charge is 0.495 e. The molecule has 0 bridgehead atoms. The van der Waals surface area contributed by atoms with Crippen molar-refractivity contribution in [3.63, 3.8) is 0 Å². The number of hydrogen-bond acceptors (Lipinski definition) is 3. The van der Waals surface area contributed by atoms with Crippen molar-refractivity contribution < 1.29 is 9.84 Å². The van der Waals surface area contributed by atoms with Gasteiger partial charge in [0.1, 0.15) is 11.9 Å². The summed E-state index contributed by atoms with van der Waals surface area (Å²) >= 11 is 0. The van der Waals surface area contributed by atoms with E-state index in [1.54, 1.807) is 0 Å². The van der Waals surface area contributed by atoms with Crippen LogP contribution in [0.2, 0.25) is 0 Å². The van der Waals surface area contributed by atoms with Crippen LogP contribution in [-0.4, -0.2) is 41.3 Å². The van der Waals surface area contributed by atoms with Crippen molar-refractivity contribution >= 4 is 0 Å². The molecule has 1 N–H and O–H groups in total. The zero-order chi connectivity index (χ0) is 13.0. The Morgan fingerprint density at radius 3 is 2.44 bits per heavy atom. The lowest BCUT2D eigenvalue weighted by Crippen LogP contribution is -2.56. The summed E-state index contributed by atoms with van der Waals surface area (Å²) in [7, 11) is 0. The van der Waals surface area contributed by atoms with Crippen LogP contribution in [0.5, 0.6) is 0 Å². The fourth-order valence-corrected chi connectivity index (χ4v) is 3.45. The number of allylic oxidation sites excluding steroid dienone is 1. The minimum absolute atomic E-state index is 0.125. The summed E-state index contributed by atoms with van der Waals surface area (Å²) < 4.78 is 5.69. The van der Waals surface area contributed by atoms with Crippen LogP contribution in [0.3, 0.4) is 0 Å². The maximum Gasteiger partial charge on any atom is 0.129 e. The number of ether oxygens (including phenoxy) is 1. The summed E-state index contributed by atoms with van der Waals surface area (Å²) in [6.45, 7) is 7.37.